The van der Waals surface area contributed by atoms with Gasteiger partial charge in [-0.25, -0.2) is 4.98 Å². The third kappa shape index (κ3) is 3.21. The van der Waals surface area contributed by atoms with Crippen molar-refractivity contribution in [1.29, 1.82) is 0 Å². The number of carbonyl (C=O) groups is 1. The molecular weight excluding hydrogens is 244 g/mol. The second-order valence-electron chi connectivity index (χ2n) is 4.46. The number of nitrogens with zero attached hydrogens (tertiary/aromatic N) is 3. The van der Waals surface area contributed by atoms with Gasteiger partial charge in [-0.15, -0.1) is 0 Å². The molecule has 1 atom stereocenters. The number of hydrogen-bond acceptors (Lipinski definition) is 5. The highest BCUT2D eigenvalue weighted by atomic mass is 16.5. The van der Waals surface area contributed by atoms with Gasteiger partial charge in [0.15, 0.2) is 0 Å². The van der Waals surface area contributed by atoms with Crippen LogP contribution in [-0.4, -0.2) is 61.7 Å². The van der Waals surface area contributed by atoms with Crippen molar-refractivity contribution in [3.63, 3.8) is 0 Å². The van der Waals surface area contributed by atoms with Crippen molar-refractivity contribution in [2.75, 3.05) is 44.7 Å². The number of amides is 1. The number of hydrogen-bond donors (Lipinski definition) is 1. The van der Waals surface area contributed by atoms with Gasteiger partial charge in [-0.3, -0.25) is 4.79 Å². The lowest BCUT2D eigenvalue weighted by molar-refractivity contribution is -0.141. The van der Waals surface area contributed by atoms with Gasteiger partial charge in [0.05, 0.1) is 0 Å². The zero-order valence-corrected chi connectivity index (χ0v) is 11.2. The van der Waals surface area contributed by atoms with Crippen molar-refractivity contribution in [1.82, 2.24) is 9.88 Å². The lowest BCUT2D eigenvalue weighted by Crippen LogP contribution is -2.53. The molecule has 2 rings (SSSR count). The highest BCUT2D eigenvalue weighted by molar-refractivity contribution is 5.81. The Morgan fingerprint density at radius 2 is 2.16 bits per heavy atom. The van der Waals surface area contributed by atoms with Crippen LogP contribution in [0.15, 0.2) is 24.4 Å². The molecular formula is C13H20N4O2. The average molecular weight is 264 g/mol. The first-order valence-electron chi connectivity index (χ1n) is 6.44. The van der Waals surface area contributed by atoms with Crippen LogP contribution < -0.4 is 10.6 Å². The minimum absolute atomic E-state index is 0.0225. The summed E-state index contributed by atoms with van der Waals surface area (Å²) in [6, 6.07) is 5.85. The van der Waals surface area contributed by atoms with E-state index in [1.165, 1.54) is 7.11 Å². The first kappa shape index (κ1) is 13.8. The van der Waals surface area contributed by atoms with Gasteiger partial charge in [0.25, 0.3) is 5.91 Å². The van der Waals surface area contributed by atoms with Crippen LogP contribution in [0, 0.1) is 0 Å². The summed E-state index contributed by atoms with van der Waals surface area (Å²) in [5, 5.41) is 0. The monoisotopic (exact) mass is 264 g/mol. The maximum atomic E-state index is 12.1. The molecule has 6 nitrogen and oxygen atoms in total. The van der Waals surface area contributed by atoms with Crippen molar-refractivity contribution >= 4 is 11.7 Å². The number of piperazine rings is 1. The predicted molar refractivity (Wildman–Crippen MR) is 72.9 cm³/mol. The van der Waals surface area contributed by atoms with E-state index in [2.05, 4.69) is 9.88 Å². The Hall–Kier alpha value is -1.66. The van der Waals surface area contributed by atoms with E-state index < -0.39 is 6.10 Å². The lowest BCUT2D eigenvalue weighted by atomic mass is 10.2. The first-order valence-corrected chi connectivity index (χ1v) is 6.44. The zero-order chi connectivity index (χ0) is 13.7. The summed E-state index contributed by atoms with van der Waals surface area (Å²) in [6.07, 6.45) is 1.25. The van der Waals surface area contributed by atoms with Crippen LogP contribution in [-0.2, 0) is 9.53 Å². The van der Waals surface area contributed by atoms with E-state index in [1.54, 1.807) is 11.1 Å². The van der Waals surface area contributed by atoms with Gasteiger partial charge < -0.3 is 20.3 Å². The number of pyridine rings is 1. The third-order valence-corrected chi connectivity index (χ3v) is 3.34. The second-order valence-corrected chi connectivity index (χ2v) is 4.46. The van der Waals surface area contributed by atoms with E-state index in [1.807, 2.05) is 18.2 Å². The molecule has 0 aromatic carbocycles. The Bertz CT molecular complexity index is 400. The summed E-state index contributed by atoms with van der Waals surface area (Å²) in [5.74, 6) is 0.933. The summed E-state index contributed by atoms with van der Waals surface area (Å²) in [6.45, 7) is 3.13. The van der Waals surface area contributed by atoms with Gasteiger partial charge in [-0.1, -0.05) is 6.07 Å². The maximum Gasteiger partial charge on any atom is 0.253 e. The van der Waals surface area contributed by atoms with Crippen molar-refractivity contribution in [2.45, 2.75) is 6.10 Å². The molecule has 1 fully saturated rings. The second kappa shape index (κ2) is 6.49. The number of anilines is 1. The molecule has 1 amide bonds. The fraction of sp³-hybridized carbons (Fsp3) is 0.538. The lowest BCUT2D eigenvalue weighted by Gasteiger charge is -2.36. The minimum Gasteiger partial charge on any atom is -0.370 e. The zero-order valence-electron chi connectivity index (χ0n) is 11.2. The van der Waals surface area contributed by atoms with Crippen LogP contribution in [0.25, 0.3) is 0 Å². The van der Waals surface area contributed by atoms with Gasteiger partial charge in [0, 0.05) is 46.0 Å². The Balaban J connectivity index is 1.91. The van der Waals surface area contributed by atoms with Crippen LogP contribution in [0.5, 0.6) is 0 Å². The van der Waals surface area contributed by atoms with E-state index >= 15 is 0 Å². The molecule has 104 valence electrons. The van der Waals surface area contributed by atoms with E-state index in [4.69, 9.17) is 10.5 Å². The molecule has 1 aromatic rings. The number of methoxy groups -OCH3 is 1. The maximum absolute atomic E-state index is 12.1. The molecule has 1 aliphatic rings. The van der Waals surface area contributed by atoms with Gasteiger partial charge in [0.2, 0.25) is 0 Å². The quantitative estimate of drug-likeness (QED) is 0.808. The number of carbonyl (C=O) groups excluding carboxylic acids is 1. The Morgan fingerprint density at radius 1 is 1.42 bits per heavy atom. The summed E-state index contributed by atoms with van der Waals surface area (Å²) >= 11 is 0. The Labute approximate surface area is 113 Å². The predicted octanol–water partition coefficient (Wildman–Crippen LogP) is -0.296. The Morgan fingerprint density at radius 3 is 2.68 bits per heavy atom. The van der Waals surface area contributed by atoms with Crippen LogP contribution in [0.1, 0.15) is 0 Å². The third-order valence-electron chi connectivity index (χ3n) is 3.34. The standard InChI is InChI=1S/C13H20N4O2/c1-19-11(10-14)13(18)17-8-6-16(7-9-17)12-4-2-3-5-15-12/h2-5,11H,6-10,14H2,1H3. The summed E-state index contributed by atoms with van der Waals surface area (Å²) in [4.78, 5) is 20.4. The first-order chi connectivity index (χ1) is 9.26. The van der Waals surface area contributed by atoms with E-state index in [0.717, 1.165) is 18.9 Å². The molecule has 0 spiro atoms. The molecule has 2 heterocycles. The largest absolute Gasteiger partial charge is 0.370 e. The van der Waals surface area contributed by atoms with Gasteiger partial charge in [-0.2, -0.15) is 0 Å². The molecule has 0 radical (unpaired) electrons. The molecule has 0 aliphatic carbocycles. The van der Waals surface area contributed by atoms with Crippen molar-refractivity contribution < 1.29 is 9.53 Å². The topological polar surface area (TPSA) is 71.7 Å². The minimum atomic E-state index is -0.526. The molecule has 2 N–H and O–H groups in total. The number of aromatic nitrogens is 1. The summed E-state index contributed by atoms with van der Waals surface area (Å²) in [5.41, 5.74) is 5.52. The van der Waals surface area contributed by atoms with Gasteiger partial charge >= 0.3 is 0 Å². The number of rotatable bonds is 4. The average Bonchev–Trinajstić information content (AvgIpc) is 2.49. The molecule has 19 heavy (non-hydrogen) atoms. The van der Waals surface area contributed by atoms with Crippen molar-refractivity contribution in [3.8, 4) is 0 Å². The SMILES string of the molecule is COC(CN)C(=O)N1CCN(c2ccccn2)CC1. The van der Waals surface area contributed by atoms with Crippen molar-refractivity contribution in [2.24, 2.45) is 5.73 Å². The van der Waals surface area contributed by atoms with E-state index in [0.29, 0.717) is 13.1 Å². The molecule has 0 bridgehead atoms. The van der Waals surface area contributed by atoms with Gasteiger partial charge in [-0.05, 0) is 12.1 Å². The van der Waals surface area contributed by atoms with Crippen molar-refractivity contribution in [3.05, 3.63) is 24.4 Å². The van der Waals surface area contributed by atoms with Crippen LogP contribution in [0.2, 0.25) is 0 Å². The van der Waals surface area contributed by atoms with Crippen LogP contribution in [0.4, 0.5) is 5.82 Å². The molecule has 0 saturated carbocycles. The van der Waals surface area contributed by atoms with E-state index in [9.17, 15) is 4.79 Å². The highest BCUT2D eigenvalue weighted by Crippen LogP contribution is 2.13. The normalized spacial score (nSPS) is 17.4. The molecule has 6 heteroatoms. The fourth-order valence-electron chi connectivity index (χ4n) is 2.20. The Kier molecular flexibility index (Phi) is 4.70. The summed E-state index contributed by atoms with van der Waals surface area (Å²) in [7, 11) is 1.51. The van der Waals surface area contributed by atoms with E-state index in [-0.39, 0.29) is 12.5 Å². The van der Waals surface area contributed by atoms with Gasteiger partial charge in [0.1, 0.15) is 11.9 Å². The number of ether oxygens (including phenoxy) is 1. The molecule has 1 aromatic heterocycles. The summed E-state index contributed by atoms with van der Waals surface area (Å²) < 4.78 is 5.08. The fourth-order valence-corrected chi connectivity index (χ4v) is 2.20. The van der Waals surface area contributed by atoms with Crippen LogP contribution in [0.3, 0.4) is 0 Å². The molecule has 1 unspecified atom stereocenters. The number of nitrogens with two attached hydrogens (primary N) is 1. The highest BCUT2D eigenvalue weighted by Gasteiger charge is 2.26. The smallest absolute Gasteiger partial charge is 0.253 e. The van der Waals surface area contributed by atoms with Crippen LogP contribution >= 0.6 is 0 Å². The molecule has 1 saturated heterocycles. The molecule has 1 aliphatic heterocycles.